The number of hydrogen-bond acceptors (Lipinski definition) is 6. The Morgan fingerprint density at radius 1 is 1.41 bits per heavy atom. The van der Waals surface area contributed by atoms with Gasteiger partial charge in [0.1, 0.15) is 0 Å². The number of likely N-dealkylation sites (N-methyl/N-ethyl adjacent to an activating group) is 1. The van der Waals surface area contributed by atoms with E-state index >= 15 is 0 Å². The van der Waals surface area contributed by atoms with Crippen LogP contribution in [-0.4, -0.2) is 51.1 Å². The van der Waals surface area contributed by atoms with Crippen LogP contribution in [0.5, 0.6) is 0 Å². The average molecular weight is 301 g/mol. The summed E-state index contributed by atoms with van der Waals surface area (Å²) in [6, 6.07) is 6.63. The van der Waals surface area contributed by atoms with E-state index in [9.17, 15) is 0 Å². The molecule has 0 spiro atoms. The first-order valence-electron chi connectivity index (χ1n) is 7.82. The molecule has 0 aliphatic carbocycles. The normalized spacial score (nSPS) is 19.7. The first-order chi connectivity index (χ1) is 10.7. The van der Waals surface area contributed by atoms with Crippen molar-refractivity contribution in [2.45, 2.75) is 38.9 Å². The van der Waals surface area contributed by atoms with E-state index in [1.165, 1.54) is 12.8 Å². The highest BCUT2D eigenvalue weighted by atomic mass is 16.5. The number of piperidine rings is 1. The number of hydrogen-bond donors (Lipinski definition) is 0. The molecule has 22 heavy (non-hydrogen) atoms. The zero-order valence-electron chi connectivity index (χ0n) is 13.3. The van der Waals surface area contributed by atoms with E-state index in [1.807, 2.05) is 25.3 Å². The van der Waals surface area contributed by atoms with Gasteiger partial charge < -0.3 is 4.52 Å². The van der Waals surface area contributed by atoms with Crippen molar-refractivity contribution in [2.75, 3.05) is 20.1 Å². The zero-order chi connectivity index (χ0) is 15.4. The minimum absolute atomic E-state index is 0.545. The zero-order valence-corrected chi connectivity index (χ0v) is 13.3. The van der Waals surface area contributed by atoms with E-state index in [1.54, 1.807) is 0 Å². The van der Waals surface area contributed by atoms with Crippen LogP contribution in [0.2, 0.25) is 0 Å². The van der Waals surface area contributed by atoms with Gasteiger partial charge in [-0.2, -0.15) is 4.98 Å². The van der Waals surface area contributed by atoms with Gasteiger partial charge in [0.25, 0.3) is 0 Å². The quantitative estimate of drug-likeness (QED) is 0.840. The number of aryl methyl sites for hydroxylation is 1. The van der Waals surface area contributed by atoms with Crippen LogP contribution in [0.4, 0.5) is 0 Å². The van der Waals surface area contributed by atoms with Gasteiger partial charge in [-0.1, -0.05) is 11.2 Å². The number of nitrogens with zero attached hydrogens (tertiary/aromatic N) is 5. The molecule has 0 aromatic carbocycles. The molecular formula is C16H23N5O. The molecule has 3 heterocycles. The van der Waals surface area contributed by atoms with Gasteiger partial charge in [-0.05, 0) is 38.6 Å². The third kappa shape index (κ3) is 3.90. The molecule has 1 saturated heterocycles. The molecule has 1 atom stereocenters. The molecule has 0 bridgehead atoms. The summed E-state index contributed by atoms with van der Waals surface area (Å²) in [5.74, 6) is 1.42. The topological polar surface area (TPSA) is 58.3 Å². The van der Waals surface area contributed by atoms with E-state index in [0.29, 0.717) is 11.9 Å². The lowest BCUT2D eigenvalue weighted by Crippen LogP contribution is -2.46. The lowest BCUT2D eigenvalue weighted by molar-refractivity contribution is 0.104. The molecular weight excluding hydrogens is 278 g/mol. The highest BCUT2D eigenvalue weighted by molar-refractivity contribution is 5.03. The van der Waals surface area contributed by atoms with E-state index in [4.69, 9.17) is 4.52 Å². The van der Waals surface area contributed by atoms with Gasteiger partial charge in [0.2, 0.25) is 5.89 Å². The Morgan fingerprint density at radius 3 is 3.05 bits per heavy atom. The van der Waals surface area contributed by atoms with Crippen LogP contribution in [0.3, 0.4) is 0 Å². The van der Waals surface area contributed by atoms with Crippen LogP contribution in [0, 0.1) is 6.92 Å². The molecule has 1 aliphatic heterocycles. The van der Waals surface area contributed by atoms with Crippen molar-refractivity contribution in [1.82, 2.24) is 24.9 Å². The number of likely N-dealkylation sites (tertiary alicyclic amines) is 1. The van der Waals surface area contributed by atoms with Crippen molar-refractivity contribution in [3.63, 3.8) is 0 Å². The fourth-order valence-corrected chi connectivity index (χ4v) is 3.02. The van der Waals surface area contributed by atoms with Gasteiger partial charge in [-0.25, -0.2) is 0 Å². The lowest BCUT2D eigenvalue weighted by Gasteiger charge is -2.37. The molecule has 0 N–H and O–H groups in total. The van der Waals surface area contributed by atoms with E-state index in [2.05, 4.69) is 38.0 Å². The summed E-state index contributed by atoms with van der Waals surface area (Å²) in [6.07, 6.45) is 4.29. The third-order valence-electron chi connectivity index (χ3n) is 4.18. The second-order valence-electron chi connectivity index (χ2n) is 6.00. The average Bonchev–Trinajstić information content (AvgIpc) is 2.93. The van der Waals surface area contributed by atoms with Crippen LogP contribution in [-0.2, 0) is 13.1 Å². The minimum atomic E-state index is 0.545. The number of pyridine rings is 1. The van der Waals surface area contributed by atoms with Crippen LogP contribution >= 0.6 is 0 Å². The van der Waals surface area contributed by atoms with Gasteiger partial charge in [-0.3, -0.25) is 14.8 Å². The summed E-state index contributed by atoms with van der Waals surface area (Å²) < 4.78 is 5.05. The van der Waals surface area contributed by atoms with Gasteiger partial charge >= 0.3 is 0 Å². The molecule has 1 aliphatic rings. The second kappa shape index (κ2) is 6.98. The first kappa shape index (κ1) is 15.1. The highest BCUT2D eigenvalue weighted by Crippen LogP contribution is 2.17. The van der Waals surface area contributed by atoms with E-state index in [0.717, 1.165) is 37.7 Å². The summed E-state index contributed by atoms with van der Waals surface area (Å²) in [4.78, 5) is 13.5. The Labute approximate surface area is 131 Å². The molecule has 0 saturated carbocycles. The van der Waals surface area contributed by atoms with Crippen LogP contribution in [0.15, 0.2) is 28.9 Å². The van der Waals surface area contributed by atoms with Crippen molar-refractivity contribution < 1.29 is 4.52 Å². The molecule has 0 radical (unpaired) electrons. The standard InChI is InChI=1S/C16H23N5O/c1-13-18-16(19-22-13)12-21-9-5-7-15(11-21)20(2)10-14-6-3-4-8-17-14/h3-4,6,8,15H,5,7,9-12H2,1-2H3/t15-/m1/s1. The maximum Gasteiger partial charge on any atom is 0.223 e. The van der Waals surface area contributed by atoms with Gasteiger partial charge in [0, 0.05) is 32.3 Å². The summed E-state index contributed by atoms with van der Waals surface area (Å²) in [5.41, 5.74) is 1.12. The molecule has 1 fully saturated rings. The van der Waals surface area contributed by atoms with Crippen molar-refractivity contribution in [3.05, 3.63) is 41.8 Å². The maximum atomic E-state index is 5.05. The predicted octanol–water partition coefficient (Wildman–Crippen LogP) is 1.87. The first-order valence-corrected chi connectivity index (χ1v) is 7.82. The van der Waals surface area contributed by atoms with Crippen LogP contribution < -0.4 is 0 Å². The molecule has 6 heteroatoms. The molecule has 6 nitrogen and oxygen atoms in total. The molecule has 2 aromatic heterocycles. The van der Waals surface area contributed by atoms with Crippen LogP contribution in [0.1, 0.15) is 30.3 Å². The van der Waals surface area contributed by atoms with Crippen molar-refractivity contribution in [3.8, 4) is 0 Å². The summed E-state index contributed by atoms with van der Waals surface area (Å²) in [5, 5.41) is 4.00. The van der Waals surface area contributed by atoms with Crippen molar-refractivity contribution >= 4 is 0 Å². The number of aromatic nitrogens is 3. The smallest absolute Gasteiger partial charge is 0.223 e. The van der Waals surface area contributed by atoms with Gasteiger partial charge in [-0.15, -0.1) is 0 Å². The molecule has 0 amide bonds. The Kier molecular flexibility index (Phi) is 4.80. The van der Waals surface area contributed by atoms with Crippen LogP contribution in [0.25, 0.3) is 0 Å². The largest absolute Gasteiger partial charge is 0.340 e. The van der Waals surface area contributed by atoms with Gasteiger partial charge in [0.15, 0.2) is 5.82 Å². The fraction of sp³-hybridized carbons (Fsp3) is 0.562. The molecule has 0 unspecified atom stereocenters. The SMILES string of the molecule is Cc1nc(CN2CCC[C@@H](N(C)Cc3ccccn3)C2)no1. The van der Waals surface area contributed by atoms with Crippen molar-refractivity contribution in [1.29, 1.82) is 0 Å². The highest BCUT2D eigenvalue weighted by Gasteiger charge is 2.24. The Hall–Kier alpha value is -1.79. The second-order valence-corrected chi connectivity index (χ2v) is 6.00. The summed E-state index contributed by atoms with van der Waals surface area (Å²) in [7, 11) is 2.18. The minimum Gasteiger partial charge on any atom is -0.340 e. The third-order valence-corrected chi connectivity index (χ3v) is 4.18. The Balaban J connectivity index is 1.55. The Bertz CT molecular complexity index is 585. The maximum absolute atomic E-state index is 5.05. The molecule has 118 valence electrons. The van der Waals surface area contributed by atoms with Crippen molar-refractivity contribution in [2.24, 2.45) is 0 Å². The Morgan fingerprint density at radius 2 is 2.32 bits per heavy atom. The monoisotopic (exact) mass is 301 g/mol. The lowest BCUT2D eigenvalue weighted by atomic mass is 10.0. The molecule has 2 aromatic rings. The van der Waals surface area contributed by atoms with E-state index < -0.39 is 0 Å². The summed E-state index contributed by atoms with van der Waals surface area (Å²) >= 11 is 0. The molecule has 3 rings (SSSR count). The van der Waals surface area contributed by atoms with Gasteiger partial charge in [0.05, 0.1) is 12.2 Å². The predicted molar refractivity (Wildman–Crippen MR) is 83.0 cm³/mol. The fourth-order valence-electron chi connectivity index (χ4n) is 3.02. The van der Waals surface area contributed by atoms with E-state index in [-0.39, 0.29) is 0 Å². The number of rotatable bonds is 5. The summed E-state index contributed by atoms with van der Waals surface area (Å²) in [6.45, 7) is 5.63.